The third kappa shape index (κ3) is 7.70. The monoisotopic (exact) mass is 368 g/mol. The zero-order valence-electron chi connectivity index (χ0n) is 16.2. The van der Waals surface area contributed by atoms with E-state index in [1.165, 1.54) is 12.8 Å². The van der Waals surface area contributed by atoms with Gasteiger partial charge in [-0.2, -0.15) is 8.42 Å². The Balaban J connectivity index is 2.45. The van der Waals surface area contributed by atoms with Crippen LogP contribution in [0.2, 0.25) is 0 Å². The van der Waals surface area contributed by atoms with Crippen LogP contribution in [0.25, 0.3) is 0 Å². The molecule has 0 aliphatic carbocycles. The molecule has 25 heavy (non-hydrogen) atoms. The number of hydrogen-bond donors (Lipinski definition) is 0. The lowest BCUT2D eigenvalue weighted by Gasteiger charge is -2.12. The molecule has 1 aromatic rings. The molecule has 5 heteroatoms. The van der Waals surface area contributed by atoms with Gasteiger partial charge in [-0.1, -0.05) is 57.2 Å². The lowest BCUT2D eigenvalue weighted by molar-refractivity contribution is -0.121. The Morgan fingerprint density at radius 1 is 1.00 bits per heavy atom. The van der Waals surface area contributed by atoms with Crippen molar-refractivity contribution in [3.8, 4) is 0 Å². The minimum atomic E-state index is -3.90. The van der Waals surface area contributed by atoms with Gasteiger partial charge in [0.15, 0.2) is 5.78 Å². The van der Waals surface area contributed by atoms with Gasteiger partial charge in [0, 0.05) is 6.42 Å². The van der Waals surface area contributed by atoms with Crippen molar-refractivity contribution in [3.63, 3.8) is 0 Å². The molecule has 0 aliphatic heterocycles. The molecule has 0 heterocycles. The molecule has 0 fully saturated rings. The molecule has 0 bridgehead atoms. The second-order valence-corrected chi connectivity index (χ2v) is 8.88. The molecule has 0 radical (unpaired) electrons. The second-order valence-electron chi connectivity index (χ2n) is 7.33. The van der Waals surface area contributed by atoms with Gasteiger partial charge in [0.05, 0.1) is 4.90 Å². The summed E-state index contributed by atoms with van der Waals surface area (Å²) < 4.78 is 29.8. The van der Waals surface area contributed by atoms with Gasteiger partial charge in [-0.3, -0.25) is 8.98 Å². The van der Waals surface area contributed by atoms with E-state index in [0.29, 0.717) is 23.5 Å². The fourth-order valence-corrected chi connectivity index (χ4v) is 4.37. The number of carbonyl (C=O) groups is 1. The Kier molecular flexibility index (Phi) is 8.80. The SMILES string of the molecule is Cc1cc(C)c(S(=O)(=O)OCC(=O)CCCCCCC(C)C)c(C)c1. The van der Waals surface area contributed by atoms with Crippen molar-refractivity contribution in [1.29, 1.82) is 0 Å². The normalized spacial score (nSPS) is 11.9. The van der Waals surface area contributed by atoms with Crippen molar-refractivity contribution in [2.45, 2.75) is 78.0 Å². The predicted molar refractivity (Wildman–Crippen MR) is 101 cm³/mol. The van der Waals surface area contributed by atoms with E-state index in [1.807, 2.05) is 19.1 Å². The topological polar surface area (TPSA) is 60.4 Å². The number of rotatable bonds is 11. The highest BCUT2D eigenvalue weighted by Gasteiger charge is 2.22. The van der Waals surface area contributed by atoms with Crippen LogP contribution < -0.4 is 0 Å². The van der Waals surface area contributed by atoms with Gasteiger partial charge in [0.25, 0.3) is 10.1 Å². The van der Waals surface area contributed by atoms with Crippen molar-refractivity contribution in [1.82, 2.24) is 0 Å². The van der Waals surface area contributed by atoms with Crippen LogP contribution in [0.1, 0.15) is 69.1 Å². The van der Waals surface area contributed by atoms with E-state index < -0.39 is 10.1 Å². The second kappa shape index (κ2) is 10.1. The maximum atomic E-state index is 12.4. The average Bonchev–Trinajstić information content (AvgIpc) is 2.47. The summed E-state index contributed by atoms with van der Waals surface area (Å²) in [6.45, 7) is 9.45. The zero-order chi connectivity index (χ0) is 19.0. The van der Waals surface area contributed by atoms with E-state index in [-0.39, 0.29) is 17.3 Å². The van der Waals surface area contributed by atoms with Crippen molar-refractivity contribution in [2.24, 2.45) is 5.92 Å². The third-order valence-corrected chi connectivity index (χ3v) is 5.79. The molecule has 0 unspecified atom stereocenters. The summed E-state index contributed by atoms with van der Waals surface area (Å²) >= 11 is 0. The van der Waals surface area contributed by atoms with Gasteiger partial charge in [-0.25, -0.2) is 0 Å². The minimum absolute atomic E-state index is 0.158. The molecular formula is C20H32O4S. The quantitative estimate of drug-likeness (QED) is 0.412. The van der Waals surface area contributed by atoms with E-state index in [0.717, 1.165) is 24.8 Å². The summed E-state index contributed by atoms with van der Waals surface area (Å²) in [6, 6.07) is 3.62. The number of benzene rings is 1. The summed E-state index contributed by atoms with van der Waals surface area (Å²) in [6.07, 6.45) is 5.69. The molecule has 0 N–H and O–H groups in total. The Labute approximate surface area is 153 Å². The van der Waals surface area contributed by atoms with E-state index in [4.69, 9.17) is 4.18 Å². The van der Waals surface area contributed by atoms with Gasteiger partial charge in [-0.05, 0) is 44.2 Å². The smallest absolute Gasteiger partial charge is 0.297 e. The van der Waals surface area contributed by atoms with Crippen molar-refractivity contribution in [2.75, 3.05) is 6.61 Å². The highest BCUT2D eigenvalue weighted by atomic mass is 32.2. The summed E-state index contributed by atoms with van der Waals surface area (Å²) in [7, 11) is -3.90. The van der Waals surface area contributed by atoms with Crippen LogP contribution >= 0.6 is 0 Å². The molecule has 0 spiro atoms. The lowest BCUT2D eigenvalue weighted by atomic mass is 10.0. The van der Waals surface area contributed by atoms with Gasteiger partial charge in [-0.15, -0.1) is 0 Å². The fraction of sp³-hybridized carbons (Fsp3) is 0.650. The number of hydrogen-bond acceptors (Lipinski definition) is 4. The zero-order valence-corrected chi connectivity index (χ0v) is 17.0. The first kappa shape index (κ1) is 21.8. The number of aryl methyl sites for hydroxylation is 3. The number of Topliss-reactive ketones (excluding diaryl/α,β-unsaturated/α-hetero) is 1. The first-order valence-electron chi connectivity index (χ1n) is 9.12. The van der Waals surface area contributed by atoms with Crippen LogP contribution in [0.5, 0.6) is 0 Å². The Bertz CT molecular complexity index is 652. The van der Waals surface area contributed by atoms with E-state index in [1.54, 1.807) is 13.8 Å². The summed E-state index contributed by atoms with van der Waals surface area (Å²) in [5.74, 6) is 0.559. The molecule has 0 amide bonds. The molecule has 4 nitrogen and oxygen atoms in total. The molecule has 0 aromatic heterocycles. The molecular weight excluding hydrogens is 336 g/mol. The lowest BCUT2D eigenvalue weighted by Crippen LogP contribution is -2.16. The molecule has 0 atom stereocenters. The highest BCUT2D eigenvalue weighted by Crippen LogP contribution is 2.23. The first-order valence-corrected chi connectivity index (χ1v) is 10.5. The van der Waals surface area contributed by atoms with Gasteiger partial charge in [0.1, 0.15) is 6.61 Å². The molecule has 0 saturated heterocycles. The predicted octanol–water partition coefficient (Wildman–Crippen LogP) is 4.88. The molecule has 1 aromatic carbocycles. The average molecular weight is 369 g/mol. The van der Waals surface area contributed by atoms with E-state index in [9.17, 15) is 13.2 Å². The maximum Gasteiger partial charge on any atom is 0.297 e. The number of ketones is 1. The maximum absolute atomic E-state index is 12.4. The molecule has 0 saturated carbocycles. The largest absolute Gasteiger partial charge is 0.297 e. The van der Waals surface area contributed by atoms with E-state index >= 15 is 0 Å². The first-order chi connectivity index (χ1) is 11.6. The van der Waals surface area contributed by atoms with Gasteiger partial charge < -0.3 is 0 Å². The molecule has 142 valence electrons. The van der Waals surface area contributed by atoms with Gasteiger partial charge >= 0.3 is 0 Å². The van der Waals surface area contributed by atoms with Crippen LogP contribution in [0, 0.1) is 26.7 Å². The van der Waals surface area contributed by atoms with E-state index in [2.05, 4.69) is 13.8 Å². The van der Waals surface area contributed by atoms with Crippen molar-refractivity contribution in [3.05, 3.63) is 28.8 Å². The van der Waals surface area contributed by atoms with Crippen LogP contribution in [0.3, 0.4) is 0 Å². The number of unbranched alkanes of at least 4 members (excludes halogenated alkanes) is 3. The van der Waals surface area contributed by atoms with Crippen molar-refractivity contribution < 1.29 is 17.4 Å². The third-order valence-electron chi connectivity index (χ3n) is 4.22. The number of carbonyl (C=O) groups excluding carboxylic acids is 1. The summed E-state index contributed by atoms with van der Waals surface area (Å²) in [4.78, 5) is 12.1. The van der Waals surface area contributed by atoms with Crippen LogP contribution in [-0.2, 0) is 19.1 Å². The highest BCUT2D eigenvalue weighted by molar-refractivity contribution is 7.86. The fourth-order valence-electron chi connectivity index (χ4n) is 3.06. The van der Waals surface area contributed by atoms with Crippen molar-refractivity contribution >= 4 is 15.9 Å². The van der Waals surface area contributed by atoms with Crippen LogP contribution in [0.15, 0.2) is 17.0 Å². The minimum Gasteiger partial charge on any atom is -0.297 e. The standard InChI is InChI=1S/C20H32O4S/c1-15(2)10-8-6-7-9-11-19(21)14-24-25(22,23)20-17(4)12-16(3)13-18(20)5/h12-13,15H,6-11,14H2,1-5H3. The Hall–Kier alpha value is -1.20. The van der Waals surface area contributed by atoms with Crippen LogP contribution in [-0.4, -0.2) is 20.8 Å². The van der Waals surface area contributed by atoms with Crippen LogP contribution in [0.4, 0.5) is 0 Å². The molecule has 1 rings (SSSR count). The Morgan fingerprint density at radius 2 is 1.56 bits per heavy atom. The summed E-state index contributed by atoms with van der Waals surface area (Å²) in [5.41, 5.74) is 2.30. The Morgan fingerprint density at radius 3 is 2.12 bits per heavy atom. The van der Waals surface area contributed by atoms with Gasteiger partial charge in [0.2, 0.25) is 0 Å². The molecule has 0 aliphatic rings. The summed E-state index contributed by atoms with van der Waals surface area (Å²) in [5, 5.41) is 0.